The zero-order valence-corrected chi connectivity index (χ0v) is 14.7. The molecule has 0 bridgehead atoms. The van der Waals surface area contributed by atoms with Gasteiger partial charge < -0.3 is 0 Å². The molecule has 1 aromatic heterocycles. The molecule has 0 spiro atoms. The van der Waals surface area contributed by atoms with Crippen LogP contribution in [0.25, 0.3) is 0 Å². The molecule has 1 saturated heterocycles. The molecule has 2 heterocycles. The molecule has 3 rings (SSSR count). The van der Waals surface area contributed by atoms with Crippen LogP contribution in [0.3, 0.4) is 0 Å². The molecule has 24 heavy (non-hydrogen) atoms. The van der Waals surface area contributed by atoms with Gasteiger partial charge >= 0.3 is 0 Å². The second kappa shape index (κ2) is 7.42. The van der Waals surface area contributed by atoms with Gasteiger partial charge in [0.05, 0.1) is 0 Å². The summed E-state index contributed by atoms with van der Waals surface area (Å²) < 4.78 is 29.3. The van der Waals surface area contributed by atoms with E-state index >= 15 is 0 Å². The Hall–Kier alpha value is -1.76. The van der Waals surface area contributed by atoms with Crippen LogP contribution in [0.1, 0.15) is 29.5 Å². The number of pyridine rings is 1. The summed E-state index contributed by atoms with van der Waals surface area (Å²) in [6.45, 7) is 3.95. The maximum atomic E-state index is 13.1. The third-order valence-corrected chi connectivity index (χ3v) is 6.34. The summed E-state index contributed by atoms with van der Waals surface area (Å²) in [6.07, 6.45) is 5.29. The van der Waals surface area contributed by atoms with Gasteiger partial charge in [0, 0.05) is 38.6 Å². The van der Waals surface area contributed by atoms with Gasteiger partial charge in [0.1, 0.15) is 0 Å². The molecular weight excluding hydrogens is 322 g/mol. The third kappa shape index (κ3) is 3.83. The highest BCUT2D eigenvalue weighted by atomic mass is 32.2. The Bertz CT molecular complexity index is 772. The van der Waals surface area contributed by atoms with Gasteiger partial charge in [-0.1, -0.05) is 30.3 Å². The van der Waals surface area contributed by atoms with E-state index in [1.54, 1.807) is 21.0 Å². The van der Waals surface area contributed by atoms with Gasteiger partial charge in [-0.3, -0.25) is 4.98 Å². The van der Waals surface area contributed by atoms with E-state index in [4.69, 9.17) is 0 Å². The van der Waals surface area contributed by atoms with Gasteiger partial charge in [-0.2, -0.15) is 17.0 Å². The lowest BCUT2D eigenvalue weighted by atomic mass is 10.1. The molecule has 5 nitrogen and oxygen atoms in total. The SMILES string of the molecule is Cc1ccccc1CN(Cc1cccnc1)S(=O)(=O)N1CCCC1. The van der Waals surface area contributed by atoms with Gasteiger partial charge in [-0.25, -0.2) is 0 Å². The average Bonchev–Trinajstić information content (AvgIpc) is 3.12. The first-order chi connectivity index (χ1) is 11.6. The number of aromatic nitrogens is 1. The van der Waals surface area contributed by atoms with E-state index < -0.39 is 10.2 Å². The first kappa shape index (κ1) is 17.1. The van der Waals surface area contributed by atoms with Gasteiger partial charge in [0.15, 0.2) is 0 Å². The van der Waals surface area contributed by atoms with Crippen LogP contribution in [0.15, 0.2) is 48.8 Å². The van der Waals surface area contributed by atoms with Crippen LogP contribution in [-0.2, 0) is 23.3 Å². The van der Waals surface area contributed by atoms with E-state index in [-0.39, 0.29) is 0 Å². The van der Waals surface area contributed by atoms with Crippen molar-refractivity contribution in [2.45, 2.75) is 32.9 Å². The molecule has 0 radical (unpaired) electrons. The van der Waals surface area contributed by atoms with Crippen molar-refractivity contribution in [1.29, 1.82) is 0 Å². The van der Waals surface area contributed by atoms with Gasteiger partial charge in [0.25, 0.3) is 10.2 Å². The fourth-order valence-electron chi connectivity index (χ4n) is 2.97. The third-order valence-electron chi connectivity index (χ3n) is 4.41. The Balaban J connectivity index is 1.90. The van der Waals surface area contributed by atoms with Crippen molar-refractivity contribution in [2.75, 3.05) is 13.1 Å². The lowest BCUT2D eigenvalue weighted by Gasteiger charge is -2.27. The average molecular weight is 345 g/mol. The Kier molecular flexibility index (Phi) is 5.28. The summed E-state index contributed by atoms with van der Waals surface area (Å²) >= 11 is 0. The van der Waals surface area contributed by atoms with Gasteiger partial charge in [-0.05, 0) is 42.5 Å². The topological polar surface area (TPSA) is 53.5 Å². The second-order valence-corrected chi connectivity index (χ2v) is 8.10. The summed E-state index contributed by atoms with van der Waals surface area (Å²) in [5.41, 5.74) is 3.03. The monoisotopic (exact) mass is 345 g/mol. The minimum Gasteiger partial charge on any atom is -0.264 e. The van der Waals surface area contributed by atoms with Crippen molar-refractivity contribution in [2.24, 2.45) is 0 Å². The highest BCUT2D eigenvalue weighted by molar-refractivity contribution is 7.86. The highest BCUT2D eigenvalue weighted by Gasteiger charge is 2.32. The molecular formula is C18H23N3O2S. The van der Waals surface area contributed by atoms with E-state index in [1.165, 1.54) is 0 Å². The number of hydrogen-bond acceptors (Lipinski definition) is 3. The molecule has 0 atom stereocenters. The van der Waals surface area contributed by atoms with Crippen LogP contribution in [-0.4, -0.2) is 35.1 Å². The lowest BCUT2D eigenvalue weighted by molar-refractivity contribution is 0.349. The summed E-state index contributed by atoms with van der Waals surface area (Å²) in [5, 5.41) is 0. The molecule has 0 aliphatic carbocycles. The Morgan fingerprint density at radius 3 is 2.50 bits per heavy atom. The van der Waals surface area contributed by atoms with Crippen molar-refractivity contribution >= 4 is 10.2 Å². The predicted molar refractivity (Wildman–Crippen MR) is 94.4 cm³/mol. The van der Waals surface area contributed by atoms with E-state index in [2.05, 4.69) is 4.98 Å². The molecule has 1 aromatic carbocycles. The standard InChI is InChI=1S/C18H23N3O2S/c1-16-7-2-3-9-18(16)15-21(14-17-8-6-10-19-13-17)24(22,23)20-11-4-5-12-20/h2-3,6-10,13H,4-5,11-12,14-15H2,1H3. The smallest absolute Gasteiger partial charge is 0.264 e. The molecule has 0 unspecified atom stereocenters. The maximum Gasteiger partial charge on any atom is 0.282 e. The molecule has 1 fully saturated rings. The zero-order chi connectivity index (χ0) is 17.0. The minimum absolute atomic E-state index is 0.334. The van der Waals surface area contributed by atoms with Crippen molar-refractivity contribution in [3.05, 3.63) is 65.5 Å². The zero-order valence-electron chi connectivity index (χ0n) is 13.9. The van der Waals surface area contributed by atoms with E-state index in [9.17, 15) is 8.42 Å². The number of benzene rings is 1. The van der Waals surface area contributed by atoms with Crippen LogP contribution < -0.4 is 0 Å². The van der Waals surface area contributed by atoms with Gasteiger partial charge in [-0.15, -0.1) is 0 Å². The molecule has 0 saturated carbocycles. The van der Waals surface area contributed by atoms with Crippen molar-refractivity contribution in [1.82, 2.24) is 13.6 Å². The summed E-state index contributed by atoms with van der Waals surface area (Å²) in [7, 11) is -3.48. The van der Waals surface area contributed by atoms with Crippen LogP contribution in [0.2, 0.25) is 0 Å². The molecule has 0 amide bonds. The number of rotatable bonds is 6. The fourth-order valence-corrected chi connectivity index (χ4v) is 4.63. The molecule has 6 heteroatoms. The summed E-state index contributed by atoms with van der Waals surface area (Å²) in [5.74, 6) is 0. The highest BCUT2D eigenvalue weighted by Crippen LogP contribution is 2.22. The molecule has 1 aliphatic rings. The normalized spacial score (nSPS) is 15.9. The minimum atomic E-state index is -3.48. The van der Waals surface area contributed by atoms with Crippen molar-refractivity contribution in [3.8, 4) is 0 Å². The number of nitrogens with zero attached hydrogens (tertiary/aromatic N) is 3. The first-order valence-electron chi connectivity index (χ1n) is 8.26. The first-order valence-corrected chi connectivity index (χ1v) is 9.66. The van der Waals surface area contributed by atoms with Crippen LogP contribution in [0.4, 0.5) is 0 Å². The Morgan fingerprint density at radius 2 is 1.83 bits per heavy atom. The summed E-state index contributed by atoms with van der Waals surface area (Å²) in [4.78, 5) is 4.11. The molecule has 128 valence electrons. The molecule has 1 aliphatic heterocycles. The van der Waals surface area contributed by atoms with E-state index in [0.717, 1.165) is 29.5 Å². The molecule has 0 N–H and O–H groups in total. The van der Waals surface area contributed by atoms with Crippen LogP contribution in [0.5, 0.6) is 0 Å². The number of aryl methyl sites for hydroxylation is 1. The largest absolute Gasteiger partial charge is 0.282 e. The second-order valence-electron chi connectivity index (χ2n) is 6.17. The summed E-state index contributed by atoms with van der Waals surface area (Å²) in [6, 6.07) is 11.7. The predicted octanol–water partition coefficient (Wildman–Crippen LogP) is 2.73. The van der Waals surface area contributed by atoms with E-state index in [1.807, 2.05) is 43.3 Å². The maximum absolute atomic E-state index is 13.1. The van der Waals surface area contributed by atoms with Crippen molar-refractivity contribution < 1.29 is 8.42 Å². The van der Waals surface area contributed by atoms with E-state index in [0.29, 0.717) is 26.2 Å². The fraction of sp³-hybridized carbons (Fsp3) is 0.389. The van der Waals surface area contributed by atoms with Crippen molar-refractivity contribution in [3.63, 3.8) is 0 Å². The Morgan fingerprint density at radius 1 is 1.08 bits per heavy atom. The van der Waals surface area contributed by atoms with Crippen LogP contribution in [0, 0.1) is 6.92 Å². The quantitative estimate of drug-likeness (QED) is 0.809. The Labute approximate surface area is 144 Å². The number of hydrogen-bond donors (Lipinski definition) is 0. The van der Waals surface area contributed by atoms with Crippen LogP contribution >= 0.6 is 0 Å². The molecule has 2 aromatic rings. The van der Waals surface area contributed by atoms with Gasteiger partial charge in [0.2, 0.25) is 0 Å². The lowest BCUT2D eigenvalue weighted by Crippen LogP contribution is -2.41.